The minimum atomic E-state index is -0.275. The van der Waals surface area contributed by atoms with Gasteiger partial charge < -0.3 is 19.7 Å². The topological polar surface area (TPSA) is 50.8 Å². The SMILES string of the molecule is CCN(Cc1ccc2c(c1)OCO2)C(=O)NC1CCSc2ccc(F)cc21. The number of nitrogens with one attached hydrogen (secondary N) is 1. The lowest BCUT2D eigenvalue weighted by Gasteiger charge is -2.29. The maximum atomic E-state index is 13.7. The molecule has 0 fully saturated rings. The van der Waals surface area contributed by atoms with Crippen molar-refractivity contribution in [1.29, 1.82) is 0 Å². The third kappa shape index (κ3) is 3.83. The van der Waals surface area contributed by atoms with E-state index in [1.807, 2.05) is 25.1 Å². The Kier molecular flexibility index (Phi) is 5.11. The van der Waals surface area contributed by atoms with Crippen molar-refractivity contribution < 1.29 is 18.7 Å². The van der Waals surface area contributed by atoms with Crippen LogP contribution in [0.15, 0.2) is 41.3 Å². The lowest BCUT2D eigenvalue weighted by Crippen LogP contribution is -2.42. The van der Waals surface area contributed by atoms with E-state index in [-0.39, 0.29) is 24.7 Å². The van der Waals surface area contributed by atoms with Crippen LogP contribution in [-0.4, -0.2) is 30.0 Å². The van der Waals surface area contributed by atoms with Crippen LogP contribution in [0, 0.1) is 5.82 Å². The van der Waals surface area contributed by atoms with Crippen molar-refractivity contribution in [1.82, 2.24) is 10.2 Å². The summed E-state index contributed by atoms with van der Waals surface area (Å²) in [6.07, 6.45) is 0.786. The van der Waals surface area contributed by atoms with Gasteiger partial charge in [0.2, 0.25) is 6.79 Å². The molecule has 0 saturated heterocycles. The molecule has 0 spiro atoms. The zero-order valence-corrected chi connectivity index (χ0v) is 15.9. The standard InChI is InChI=1S/C20H21FN2O3S/c1-2-23(11-13-3-5-17-18(9-13)26-12-25-17)20(24)22-16-7-8-27-19-6-4-14(21)10-15(16)19/h3-6,9-10,16H,2,7-8,11-12H2,1H3,(H,22,24). The van der Waals surface area contributed by atoms with Crippen molar-refractivity contribution in [3.05, 3.63) is 53.3 Å². The molecule has 0 aromatic heterocycles. The molecule has 1 unspecified atom stereocenters. The van der Waals surface area contributed by atoms with Gasteiger partial charge >= 0.3 is 6.03 Å². The van der Waals surface area contributed by atoms with Gasteiger partial charge in [-0.3, -0.25) is 0 Å². The van der Waals surface area contributed by atoms with Gasteiger partial charge in [-0.05, 0) is 54.8 Å². The van der Waals surface area contributed by atoms with Crippen LogP contribution in [0.2, 0.25) is 0 Å². The molecule has 27 heavy (non-hydrogen) atoms. The van der Waals surface area contributed by atoms with Gasteiger partial charge in [0, 0.05) is 23.7 Å². The first kappa shape index (κ1) is 18.0. The molecule has 1 atom stereocenters. The molecule has 2 heterocycles. The smallest absolute Gasteiger partial charge is 0.318 e. The fourth-order valence-electron chi connectivity index (χ4n) is 3.34. The number of ether oxygens (including phenoxy) is 2. The van der Waals surface area contributed by atoms with Crippen LogP contribution in [0.1, 0.15) is 30.5 Å². The maximum Gasteiger partial charge on any atom is 0.318 e. The van der Waals surface area contributed by atoms with Gasteiger partial charge in [-0.15, -0.1) is 11.8 Å². The number of carbonyl (C=O) groups excluding carboxylic acids is 1. The van der Waals surface area contributed by atoms with Crippen molar-refractivity contribution >= 4 is 17.8 Å². The number of urea groups is 1. The fraction of sp³-hybridized carbons (Fsp3) is 0.350. The van der Waals surface area contributed by atoms with Crippen LogP contribution in [0.3, 0.4) is 0 Å². The Morgan fingerprint density at radius 2 is 2.11 bits per heavy atom. The minimum Gasteiger partial charge on any atom is -0.454 e. The van der Waals surface area contributed by atoms with Crippen LogP contribution in [-0.2, 0) is 6.54 Å². The molecule has 0 saturated carbocycles. The van der Waals surface area contributed by atoms with Crippen molar-refractivity contribution in [2.24, 2.45) is 0 Å². The molecule has 0 bridgehead atoms. The van der Waals surface area contributed by atoms with Crippen LogP contribution >= 0.6 is 11.8 Å². The van der Waals surface area contributed by atoms with Crippen LogP contribution in [0.4, 0.5) is 9.18 Å². The number of benzene rings is 2. The van der Waals surface area contributed by atoms with E-state index in [1.54, 1.807) is 22.7 Å². The summed E-state index contributed by atoms with van der Waals surface area (Å²) >= 11 is 1.70. The molecule has 2 aromatic rings. The summed E-state index contributed by atoms with van der Waals surface area (Å²) in [5.41, 5.74) is 1.83. The van der Waals surface area contributed by atoms with Gasteiger partial charge in [-0.2, -0.15) is 0 Å². The van der Waals surface area contributed by atoms with Gasteiger partial charge in [0.25, 0.3) is 0 Å². The van der Waals surface area contributed by atoms with E-state index in [2.05, 4.69) is 5.32 Å². The molecule has 0 aliphatic carbocycles. The maximum absolute atomic E-state index is 13.7. The second kappa shape index (κ2) is 7.68. The van der Waals surface area contributed by atoms with Gasteiger partial charge in [0.1, 0.15) is 5.82 Å². The number of halogens is 1. The third-order valence-corrected chi connectivity index (χ3v) is 5.91. The Hall–Kier alpha value is -2.41. The molecule has 2 amide bonds. The number of amides is 2. The Morgan fingerprint density at radius 1 is 1.26 bits per heavy atom. The van der Waals surface area contributed by atoms with Crippen LogP contribution in [0.5, 0.6) is 11.5 Å². The molecular formula is C20H21FN2O3S. The normalized spacial score (nSPS) is 17.3. The highest BCUT2D eigenvalue weighted by atomic mass is 32.2. The number of hydrogen-bond donors (Lipinski definition) is 1. The highest BCUT2D eigenvalue weighted by Crippen LogP contribution is 2.37. The first-order valence-electron chi connectivity index (χ1n) is 9.00. The minimum absolute atomic E-state index is 0.151. The van der Waals surface area contributed by atoms with E-state index < -0.39 is 0 Å². The number of fused-ring (bicyclic) bond motifs is 2. The Balaban J connectivity index is 1.46. The second-order valence-electron chi connectivity index (χ2n) is 6.52. The number of carbonyl (C=O) groups is 1. The lowest BCUT2D eigenvalue weighted by atomic mass is 10.0. The summed E-state index contributed by atoms with van der Waals surface area (Å²) in [6.45, 7) is 3.21. The first-order valence-corrected chi connectivity index (χ1v) is 9.99. The Morgan fingerprint density at radius 3 is 2.96 bits per heavy atom. The molecule has 2 aromatic carbocycles. The molecule has 2 aliphatic rings. The van der Waals surface area contributed by atoms with E-state index >= 15 is 0 Å². The summed E-state index contributed by atoms with van der Waals surface area (Å²) in [4.78, 5) is 15.6. The third-order valence-electron chi connectivity index (χ3n) is 4.79. The number of nitrogens with zero attached hydrogens (tertiary/aromatic N) is 1. The average Bonchev–Trinajstić information content (AvgIpc) is 3.14. The van der Waals surface area contributed by atoms with Gasteiger partial charge in [-0.1, -0.05) is 6.07 Å². The summed E-state index contributed by atoms with van der Waals surface area (Å²) in [5, 5.41) is 3.08. The molecule has 7 heteroatoms. The monoisotopic (exact) mass is 388 g/mol. The zero-order chi connectivity index (χ0) is 18.8. The Bertz CT molecular complexity index is 861. The van der Waals surface area contributed by atoms with E-state index in [4.69, 9.17) is 9.47 Å². The molecule has 2 aliphatic heterocycles. The van der Waals surface area contributed by atoms with Gasteiger partial charge in [0.15, 0.2) is 11.5 Å². The molecular weight excluding hydrogens is 367 g/mol. The first-order chi connectivity index (χ1) is 13.1. The quantitative estimate of drug-likeness (QED) is 0.847. The van der Waals surface area contributed by atoms with Crippen molar-refractivity contribution in [3.63, 3.8) is 0 Å². The number of thioether (sulfide) groups is 1. The van der Waals surface area contributed by atoms with Crippen molar-refractivity contribution in [2.45, 2.75) is 30.8 Å². The lowest BCUT2D eigenvalue weighted by molar-refractivity contribution is 0.173. The molecule has 142 valence electrons. The van der Waals surface area contributed by atoms with Crippen LogP contribution in [0.25, 0.3) is 0 Å². The predicted molar refractivity (Wildman–Crippen MR) is 102 cm³/mol. The highest BCUT2D eigenvalue weighted by molar-refractivity contribution is 7.99. The summed E-state index contributed by atoms with van der Waals surface area (Å²) < 4.78 is 24.4. The zero-order valence-electron chi connectivity index (χ0n) is 15.0. The predicted octanol–water partition coefficient (Wildman–Crippen LogP) is 4.32. The van der Waals surface area contributed by atoms with E-state index in [9.17, 15) is 9.18 Å². The van der Waals surface area contributed by atoms with E-state index in [0.29, 0.717) is 18.8 Å². The highest BCUT2D eigenvalue weighted by Gasteiger charge is 2.25. The molecule has 0 radical (unpaired) electrons. The molecule has 5 nitrogen and oxygen atoms in total. The number of hydrogen-bond acceptors (Lipinski definition) is 4. The Labute approximate surface area is 161 Å². The van der Waals surface area contributed by atoms with E-state index in [0.717, 1.165) is 33.9 Å². The van der Waals surface area contributed by atoms with Crippen LogP contribution < -0.4 is 14.8 Å². The van der Waals surface area contributed by atoms with Gasteiger partial charge in [0.05, 0.1) is 6.04 Å². The van der Waals surface area contributed by atoms with Crippen molar-refractivity contribution in [3.8, 4) is 11.5 Å². The summed E-state index contributed by atoms with van der Waals surface area (Å²) in [5.74, 6) is 2.06. The number of rotatable bonds is 4. The van der Waals surface area contributed by atoms with E-state index in [1.165, 1.54) is 12.1 Å². The average molecular weight is 388 g/mol. The molecule has 1 N–H and O–H groups in total. The fourth-order valence-corrected chi connectivity index (χ4v) is 4.45. The molecule has 4 rings (SSSR count). The van der Waals surface area contributed by atoms with Crippen molar-refractivity contribution in [2.75, 3.05) is 19.1 Å². The summed E-state index contributed by atoms with van der Waals surface area (Å²) in [6, 6.07) is 10.2. The largest absolute Gasteiger partial charge is 0.454 e. The summed E-state index contributed by atoms with van der Waals surface area (Å²) in [7, 11) is 0. The van der Waals surface area contributed by atoms with Gasteiger partial charge in [-0.25, -0.2) is 9.18 Å². The second-order valence-corrected chi connectivity index (χ2v) is 7.66.